The average molecular weight is 422 g/mol. The van der Waals surface area contributed by atoms with Gasteiger partial charge in [-0.05, 0) is 23.8 Å². The van der Waals surface area contributed by atoms with Crippen LogP contribution in [0.15, 0.2) is 60.3 Å². The summed E-state index contributed by atoms with van der Waals surface area (Å²) >= 11 is 0. The fourth-order valence-corrected chi connectivity index (χ4v) is 3.49. The van der Waals surface area contributed by atoms with Gasteiger partial charge in [0.1, 0.15) is 11.9 Å². The number of hydrazine groups is 1. The molecule has 3 atom stereocenters. The third-order valence-electron chi connectivity index (χ3n) is 4.92. The summed E-state index contributed by atoms with van der Waals surface area (Å²) in [7, 11) is 1.51. The van der Waals surface area contributed by atoms with Gasteiger partial charge in [-0.25, -0.2) is 5.43 Å². The van der Waals surface area contributed by atoms with Crippen LogP contribution in [0.4, 0.5) is 13.2 Å². The van der Waals surface area contributed by atoms with Crippen molar-refractivity contribution in [3.05, 3.63) is 71.4 Å². The number of rotatable bonds is 4. The highest BCUT2D eigenvalue weighted by Gasteiger charge is 2.38. The topological polar surface area (TPSA) is 89.7 Å². The Morgan fingerprint density at radius 2 is 2.07 bits per heavy atom. The lowest BCUT2D eigenvalue weighted by atomic mass is 9.99. The number of hydrogen-bond acceptors (Lipinski definition) is 7. The van der Waals surface area contributed by atoms with Crippen LogP contribution in [-0.2, 0) is 15.7 Å². The summed E-state index contributed by atoms with van der Waals surface area (Å²) in [4.78, 5) is 12.8. The third-order valence-corrected chi connectivity index (χ3v) is 4.92. The highest BCUT2D eigenvalue weighted by atomic mass is 19.4. The molecule has 30 heavy (non-hydrogen) atoms. The number of hydrogen-bond donors (Lipinski definition) is 5. The second-order valence-corrected chi connectivity index (χ2v) is 6.82. The summed E-state index contributed by atoms with van der Waals surface area (Å²) in [5, 5.41) is 13.3. The van der Waals surface area contributed by atoms with Crippen LogP contribution in [0, 0.1) is 0 Å². The van der Waals surface area contributed by atoms with Crippen molar-refractivity contribution in [3.8, 4) is 0 Å². The first-order valence-corrected chi connectivity index (χ1v) is 9.28. The van der Waals surface area contributed by atoms with Crippen LogP contribution < -0.4 is 26.7 Å². The molecular formula is C19H21F3N6O2. The molecule has 0 saturated heterocycles. The summed E-state index contributed by atoms with van der Waals surface area (Å²) in [6, 6.07) is 4.63. The first kappa shape index (κ1) is 20.1. The van der Waals surface area contributed by atoms with Gasteiger partial charge in [-0.1, -0.05) is 24.3 Å². The van der Waals surface area contributed by atoms with Gasteiger partial charge in [0, 0.05) is 12.7 Å². The monoisotopic (exact) mass is 422 g/mol. The number of methoxy groups -OCH3 is 1. The molecule has 160 valence electrons. The zero-order chi connectivity index (χ0) is 21.3. The molecule has 0 aliphatic carbocycles. The van der Waals surface area contributed by atoms with Crippen molar-refractivity contribution < 1.29 is 22.7 Å². The van der Waals surface area contributed by atoms with Crippen LogP contribution >= 0.6 is 0 Å². The quantitative estimate of drug-likeness (QED) is 0.462. The molecule has 3 unspecified atom stereocenters. The van der Waals surface area contributed by atoms with Gasteiger partial charge < -0.3 is 20.7 Å². The second-order valence-electron chi connectivity index (χ2n) is 6.82. The van der Waals surface area contributed by atoms with Crippen molar-refractivity contribution in [2.75, 3.05) is 13.7 Å². The Balaban J connectivity index is 1.49. The number of carbonyl (C=O) groups excluding carboxylic acids is 1. The first-order valence-electron chi connectivity index (χ1n) is 9.28. The molecule has 0 fully saturated rings. The Morgan fingerprint density at radius 3 is 2.83 bits per heavy atom. The number of fused-ring (bicyclic) bond motifs is 1. The summed E-state index contributed by atoms with van der Waals surface area (Å²) < 4.78 is 45.4. The van der Waals surface area contributed by atoms with Gasteiger partial charge >= 0.3 is 6.18 Å². The molecule has 1 aromatic rings. The Labute approximate surface area is 170 Å². The average Bonchev–Trinajstić information content (AvgIpc) is 3.16. The maximum Gasteiger partial charge on any atom is 0.416 e. The van der Waals surface area contributed by atoms with Gasteiger partial charge in [0.2, 0.25) is 0 Å². The van der Waals surface area contributed by atoms with Gasteiger partial charge in [0.05, 0.1) is 18.7 Å². The molecule has 4 rings (SSSR count). The van der Waals surface area contributed by atoms with Gasteiger partial charge in [-0.15, -0.1) is 0 Å². The summed E-state index contributed by atoms with van der Waals surface area (Å²) in [5.74, 6) is 0.108. The lowest BCUT2D eigenvalue weighted by Gasteiger charge is -2.36. The zero-order valence-corrected chi connectivity index (χ0v) is 16.0. The van der Waals surface area contributed by atoms with E-state index in [1.807, 2.05) is 0 Å². The summed E-state index contributed by atoms with van der Waals surface area (Å²) in [5.41, 5.74) is 2.62. The molecule has 3 heterocycles. The number of carbonyl (C=O) groups is 1. The lowest BCUT2D eigenvalue weighted by molar-refractivity contribution is -0.138. The minimum atomic E-state index is -4.48. The molecule has 5 N–H and O–H groups in total. The molecule has 0 aromatic heterocycles. The van der Waals surface area contributed by atoms with Crippen molar-refractivity contribution in [2.45, 2.75) is 24.7 Å². The fourth-order valence-electron chi connectivity index (χ4n) is 3.49. The summed E-state index contributed by atoms with van der Waals surface area (Å²) in [6.45, 7) is 0.502. The molecule has 3 aliphatic rings. The van der Waals surface area contributed by atoms with Gasteiger partial charge in [-0.2, -0.15) is 13.2 Å². The minimum Gasteiger partial charge on any atom is -0.483 e. The predicted molar refractivity (Wildman–Crippen MR) is 101 cm³/mol. The van der Waals surface area contributed by atoms with E-state index >= 15 is 0 Å². The molecule has 11 heteroatoms. The van der Waals surface area contributed by atoms with Crippen molar-refractivity contribution in [3.63, 3.8) is 0 Å². The van der Waals surface area contributed by atoms with Crippen LogP contribution in [0.3, 0.4) is 0 Å². The van der Waals surface area contributed by atoms with E-state index in [0.717, 1.165) is 6.07 Å². The number of benzene rings is 1. The van der Waals surface area contributed by atoms with Crippen LogP contribution in [0.2, 0.25) is 0 Å². The number of amides is 1. The third kappa shape index (κ3) is 3.94. The number of ether oxygens (including phenoxy) is 1. The standard InChI is InChI=1S/C19H21F3N6O2/c1-30-16-8-9-23-18(25-16)26-17(29)14-10-24-15-7-6-13(27-28(14)15)11-4-2-3-5-12(11)19(20,21)22/h2-8,10,13,15,18,23-25,27H,9H2,1H3,(H,26,29). The maximum atomic E-state index is 13.4. The molecular weight excluding hydrogens is 401 g/mol. The van der Waals surface area contributed by atoms with E-state index in [0.29, 0.717) is 12.4 Å². The van der Waals surface area contributed by atoms with E-state index in [-0.39, 0.29) is 17.4 Å². The van der Waals surface area contributed by atoms with E-state index in [4.69, 9.17) is 4.74 Å². The van der Waals surface area contributed by atoms with E-state index in [9.17, 15) is 18.0 Å². The van der Waals surface area contributed by atoms with Gasteiger partial charge in [-0.3, -0.25) is 15.1 Å². The Bertz CT molecular complexity index is 914. The largest absolute Gasteiger partial charge is 0.483 e. The van der Waals surface area contributed by atoms with Gasteiger partial charge in [0.15, 0.2) is 12.2 Å². The van der Waals surface area contributed by atoms with Crippen LogP contribution in [0.25, 0.3) is 0 Å². The SMILES string of the molecule is COC1=CCNC(NC(=O)C2=CNC3C=CC(c4ccccc4C(F)(F)F)NN23)N1. The number of alkyl halides is 3. The predicted octanol–water partition coefficient (Wildman–Crippen LogP) is 0.974. The molecule has 3 aliphatic heterocycles. The van der Waals surface area contributed by atoms with Crippen LogP contribution in [-0.4, -0.2) is 37.0 Å². The van der Waals surface area contributed by atoms with E-state index in [2.05, 4.69) is 26.7 Å². The van der Waals surface area contributed by atoms with E-state index in [1.165, 1.54) is 30.5 Å². The van der Waals surface area contributed by atoms with E-state index < -0.39 is 30.0 Å². The Hall–Kier alpha value is -3.18. The molecule has 1 aromatic carbocycles. The smallest absolute Gasteiger partial charge is 0.416 e. The van der Waals surface area contributed by atoms with Gasteiger partial charge in [0.25, 0.3) is 5.91 Å². The molecule has 0 radical (unpaired) electrons. The van der Waals surface area contributed by atoms with Crippen molar-refractivity contribution in [1.82, 2.24) is 31.7 Å². The van der Waals surface area contributed by atoms with Crippen molar-refractivity contribution in [1.29, 1.82) is 0 Å². The molecule has 0 saturated carbocycles. The molecule has 8 nitrogen and oxygen atoms in total. The number of nitrogens with one attached hydrogen (secondary N) is 5. The van der Waals surface area contributed by atoms with Crippen molar-refractivity contribution in [2.24, 2.45) is 0 Å². The van der Waals surface area contributed by atoms with Crippen molar-refractivity contribution >= 4 is 5.91 Å². The second kappa shape index (κ2) is 7.92. The molecule has 1 amide bonds. The fraction of sp³-hybridized carbons (Fsp3) is 0.316. The molecule has 0 bridgehead atoms. The Kier molecular flexibility index (Phi) is 5.31. The van der Waals surface area contributed by atoms with E-state index in [1.54, 1.807) is 24.3 Å². The first-order chi connectivity index (χ1) is 14.4. The lowest BCUT2D eigenvalue weighted by Crippen LogP contribution is -2.58. The zero-order valence-electron chi connectivity index (χ0n) is 16.0. The normalized spacial score (nSPS) is 25.5. The van der Waals surface area contributed by atoms with Crippen LogP contribution in [0.1, 0.15) is 17.2 Å². The number of halogens is 3. The minimum absolute atomic E-state index is 0.0804. The molecule has 0 spiro atoms. The highest BCUT2D eigenvalue weighted by Crippen LogP contribution is 2.36. The number of nitrogens with zero attached hydrogens (tertiary/aromatic N) is 1. The highest BCUT2D eigenvalue weighted by molar-refractivity contribution is 5.93. The summed E-state index contributed by atoms with van der Waals surface area (Å²) in [6.07, 6.45) is 1.25. The Morgan fingerprint density at radius 1 is 1.27 bits per heavy atom. The maximum absolute atomic E-state index is 13.4. The van der Waals surface area contributed by atoms with Crippen LogP contribution in [0.5, 0.6) is 0 Å².